The third-order valence-corrected chi connectivity index (χ3v) is 3.96. The third kappa shape index (κ3) is 3.52. The van der Waals surface area contributed by atoms with Crippen LogP contribution in [0.2, 0.25) is 0 Å². The minimum atomic E-state index is -4.40. The topological polar surface area (TPSA) is 44.1 Å². The lowest BCUT2D eigenvalue weighted by molar-refractivity contribution is -0.137. The summed E-state index contributed by atoms with van der Waals surface area (Å²) < 4.78 is 37.8. The Bertz CT molecular complexity index is 921. The number of hydrogen-bond acceptors (Lipinski definition) is 2. The molecule has 1 atom stereocenters. The van der Waals surface area contributed by atoms with Crippen LogP contribution in [0.1, 0.15) is 16.7 Å². The van der Waals surface area contributed by atoms with E-state index in [1.165, 1.54) is 29.2 Å². The number of carbonyl (C=O) groups excluding carboxylic acids is 1. The van der Waals surface area contributed by atoms with Crippen molar-refractivity contribution in [3.8, 4) is 6.07 Å². The summed E-state index contributed by atoms with van der Waals surface area (Å²) in [7, 11) is 0. The zero-order chi connectivity index (χ0) is 18.7. The number of nitriles is 1. The summed E-state index contributed by atoms with van der Waals surface area (Å²) in [5, 5.41) is 9.30. The highest BCUT2D eigenvalue weighted by atomic mass is 19.4. The number of rotatable bonds is 2. The van der Waals surface area contributed by atoms with Gasteiger partial charge in [-0.1, -0.05) is 36.4 Å². The molecule has 130 valence electrons. The normalized spacial score (nSPS) is 16.4. The molecular weight excluding hydrogens is 341 g/mol. The van der Waals surface area contributed by atoms with Gasteiger partial charge < -0.3 is 0 Å². The fourth-order valence-electron chi connectivity index (χ4n) is 2.67. The molecular formula is C20H13F3N2O. The van der Waals surface area contributed by atoms with Crippen molar-refractivity contribution in [2.75, 3.05) is 4.90 Å². The molecule has 0 saturated heterocycles. The average molecular weight is 354 g/mol. The van der Waals surface area contributed by atoms with Crippen molar-refractivity contribution >= 4 is 23.7 Å². The first-order valence-electron chi connectivity index (χ1n) is 7.75. The molecule has 3 rings (SSSR count). The molecule has 0 aromatic heterocycles. The van der Waals surface area contributed by atoms with E-state index in [0.29, 0.717) is 11.3 Å². The van der Waals surface area contributed by atoms with E-state index >= 15 is 0 Å². The SMILES string of the molecule is N#CC1C=Cc2ccccc2N1C(=O)C=Cc1ccc(C(F)(F)F)cc1. The van der Waals surface area contributed by atoms with Gasteiger partial charge in [0.25, 0.3) is 5.91 Å². The zero-order valence-electron chi connectivity index (χ0n) is 13.4. The number of amides is 1. The summed E-state index contributed by atoms with van der Waals surface area (Å²) in [6.45, 7) is 0. The Kier molecular flexibility index (Phi) is 4.63. The molecule has 1 amide bonds. The van der Waals surface area contributed by atoms with Crippen molar-refractivity contribution < 1.29 is 18.0 Å². The second kappa shape index (κ2) is 6.89. The zero-order valence-corrected chi connectivity index (χ0v) is 13.4. The largest absolute Gasteiger partial charge is 0.416 e. The molecule has 0 spiro atoms. The number of anilines is 1. The van der Waals surface area contributed by atoms with Crippen LogP contribution < -0.4 is 4.90 Å². The van der Waals surface area contributed by atoms with Crippen LogP contribution in [0.25, 0.3) is 12.2 Å². The van der Waals surface area contributed by atoms with Crippen LogP contribution in [0.3, 0.4) is 0 Å². The van der Waals surface area contributed by atoms with E-state index in [2.05, 4.69) is 6.07 Å². The van der Waals surface area contributed by atoms with E-state index in [0.717, 1.165) is 17.7 Å². The van der Waals surface area contributed by atoms with E-state index in [9.17, 15) is 23.2 Å². The number of benzene rings is 2. The van der Waals surface area contributed by atoms with Crippen LogP contribution in [-0.4, -0.2) is 11.9 Å². The van der Waals surface area contributed by atoms with Crippen LogP contribution in [-0.2, 0) is 11.0 Å². The third-order valence-electron chi connectivity index (χ3n) is 3.96. The van der Waals surface area contributed by atoms with Gasteiger partial charge in [0.15, 0.2) is 0 Å². The number of alkyl halides is 3. The number of nitrogens with zero attached hydrogens (tertiary/aromatic N) is 2. The standard InChI is InChI=1S/C20H13F3N2O/c21-20(22,23)16-9-5-14(6-10-16)7-12-19(26)25-17(13-24)11-8-15-3-1-2-4-18(15)25/h1-12,17H. The molecule has 26 heavy (non-hydrogen) atoms. The monoisotopic (exact) mass is 354 g/mol. The predicted octanol–water partition coefficient (Wildman–Crippen LogP) is 4.67. The Hall–Kier alpha value is -3.33. The highest BCUT2D eigenvalue weighted by Gasteiger charge is 2.30. The van der Waals surface area contributed by atoms with Crippen LogP contribution in [0.15, 0.2) is 60.7 Å². The van der Waals surface area contributed by atoms with Crippen molar-refractivity contribution in [2.45, 2.75) is 12.2 Å². The minimum Gasteiger partial charge on any atom is -0.288 e. The van der Waals surface area contributed by atoms with Gasteiger partial charge in [0.2, 0.25) is 0 Å². The molecule has 0 N–H and O–H groups in total. The first-order chi connectivity index (χ1) is 12.4. The van der Waals surface area contributed by atoms with Crippen molar-refractivity contribution in [1.82, 2.24) is 0 Å². The number of carbonyl (C=O) groups is 1. The maximum Gasteiger partial charge on any atom is 0.416 e. The lowest BCUT2D eigenvalue weighted by Gasteiger charge is -2.29. The van der Waals surface area contributed by atoms with E-state index in [-0.39, 0.29) is 0 Å². The van der Waals surface area contributed by atoms with E-state index in [4.69, 9.17) is 0 Å². The van der Waals surface area contributed by atoms with Crippen molar-refractivity contribution in [1.29, 1.82) is 5.26 Å². The molecule has 1 aliphatic rings. The van der Waals surface area contributed by atoms with E-state index in [1.54, 1.807) is 24.3 Å². The predicted molar refractivity (Wildman–Crippen MR) is 92.8 cm³/mol. The summed E-state index contributed by atoms with van der Waals surface area (Å²) in [6, 6.07) is 13.0. The number of fused-ring (bicyclic) bond motifs is 1. The van der Waals surface area contributed by atoms with Crippen LogP contribution in [0, 0.1) is 11.3 Å². The van der Waals surface area contributed by atoms with Gasteiger partial charge in [-0.15, -0.1) is 0 Å². The summed E-state index contributed by atoms with van der Waals surface area (Å²) >= 11 is 0. The molecule has 1 unspecified atom stereocenters. The van der Waals surface area contributed by atoms with Gasteiger partial charge in [0.05, 0.1) is 17.3 Å². The number of para-hydroxylation sites is 1. The molecule has 0 fully saturated rings. The summed E-state index contributed by atoms with van der Waals surface area (Å²) in [4.78, 5) is 14.0. The first-order valence-corrected chi connectivity index (χ1v) is 7.75. The van der Waals surface area contributed by atoms with Gasteiger partial charge >= 0.3 is 6.18 Å². The summed E-state index contributed by atoms with van der Waals surface area (Å²) in [5.41, 5.74) is 1.14. The Labute approximate surface area is 148 Å². The van der Waals surface area contributed by atoms with Gasteiger partial charge in [0, 0.05) is 6.08 Å². The van der Waals surface area contributed by atoms with Crippen LogP contribution in [0.5, 0.6) is 0 Å². The smallest absolute Gasteiger partial charge is 0.288 e. The lowest BCUT2D eigenvalue weighted by atomic mass is 10.0. The van der Waals surface area contributed by atoms with Crippen LogP contribution in [0.4, 0.5) is 18.9 Å². The maximum absolute atomic E-state index is 12.6. The number of hydrogen-bond donors (Lipinski definition) is 0. The van der Waals surface area contributed by atoms with E-state index in [1.807, 2.05) is 12.1 Å². The average Bonchev–Trinajstić information content (AvgIpc) is 2.64. The van der Waals surface area contributed by atoms with E-state index < -0.39 is 23.7 Å². The molecule has 6 heteroatoms. The molecule has 2 aromatic carbocycles. The molecule has 0 bridgehead atoms. The van der Waals surface area contributed by atoms with Gasteiger partial charge in [0.1, 0.15) is 6.04 Å². The highest BCUT2D eigenvalue weighted by molar-refractivity contribution is 6.06. The van der Waals surface area contributed by atoms with Gasteiger partial charge in [-0.25, -0.2) is 0 Å². The molecule has 0 saturated carbocycles. The molecule has 0 radical (unpaired) electrons. The minimum absolute atomic E-state index is 0.423. The van der Waals surface area contributed by atoms with Crippen molar-refractivity contribution in [2.24, 2.45) is 0 Å². The number of halogens is 3. The van der Waals surface area contributed by atoms with Gasteiger partial charge in [-0.2, -0.15) is 18.4 Å². The first kappa shape index (κ1) is 17.5. The summed E-state index contributed by atoms with van der Waals surface area (Å²) in [6.07, 6.45) is 1.70. The fraction of sp³-hybridized carbons (Fsp3) is 0.100. The Morgan fingerprint density at radius 1 is 1.12 bits per heavy atom. The second-order valence-electron chi connectivity index (χ2n) is 5.65. The van der Waals surface area contributed by atoms with Crippen molar-refractivity contribution in [3.63, 3.8) is 0 Å². The van der Waals surface area contributed by atoms with Gasteiger partial charge in [-0.05, 0) is 41.5 Å². The lowest BCUT2D eigenvalue weighted by Crippen LogP contribution is -2.39. The maximum atomic E-state index is 12.6. The molecule has 0 aliphatic carbocycles. The quantitative estimate of drug-likeness (QED) is 0.736. The highest BCUT2D eigenvalue weighted by Crippen LogP contribution is 2.30. The van der Waals surface area contributed by atoms with Crippen molar-refractivity contribution in [3.05, 3.63) is 77.4 Å². The molecule has 1 heterocycles. The Morgan fingerprint density at radius 2 is 1.81 bits per heavy atom. The van der Waals surface area contributed by atoms with Gasteiger partial charge in [-0.3, -0.25) is 9.69 Å². The fourth-order valence-corrected chi connectivity index (χ4v) is 2.67. The molecule has 1 aliphatic heterocycles. The molecule has 2 aromatic rings. The Morgan fingerprint density at radius 3 is 2.46 bits per heavy atom. The van der Waals surface area contributed by atoms with Crippen LogP contribution >= 0.6 is 0 Å². The summed E-state index contributed by atoms with van der Waals surface area (Å²) in [5.74, 6) is -0.423. The Balaban J connectivity index is 1.84. The second-order valence-corrected chi connectivity index (χ2v) is 5.65. The molecule has 3 nitrogen and oxygen atoms in total.